The van der Waals surface area contributed by atoms with Gasteiger partial charge in [0.2, 0.25) is 16.0 Å². The minimum Gasteiger partial charge on any atom is -0.351 e. The molecule has 4 aromatic rings. The molecule has 1 saturated carbocycles. The van der Waals surface area contributed by atoms with Crippen LogP contribution in [0.1, 0.15) is 25.7 Å². The number of hydrogen-bond donors (Lipinski definition) is 2. The Balaban J connectivity index is 1.24. The van der Waals surface area contributed by atoms with E-state index in [0.29, 0.717) is 54.4 Å². The van der Waals surface area contributed by atoms with Gasteiger partial charge in [0.1, 0.15) is 17.9 Å². The lowest BCUT2D eigenvalue weighted by Gasteiger charge is -2.31. The summed E-state index contributed by atoms with van der Waals surface area (Å²) in [5, 5.41) is 8.42. The second-order valence-corrected chi connectivity index (χ2v) is 11.7. The number of nitrogens with zero attached hydrogens (tertiary/aromatic N) is 6. The van der Waals surface area contributed by atoms with Crippen molar-refractivity contribution in [2.24, 2.45) is 0 Å². The van der Waals surface area contributed by atoms with E-state index < -0.39 is 23.0 Å². The van der Waals surface area contributed by atoms with Crippen molar-refractivity contribution in [3.05, 3.63) is 43.0 Å². The molecule has 0 unspecified atom stereocenters. The predicted octanol–water partition coefficient (Wildman–Crippen LogP) is 3.52. The number of aromatic nitrogens is 6. The van der Waals surface area contributed by atoms with Gasteiger partial charge in [0.05, 0.1) is 10.9 Å². The number of hydrogen-bond acceptors (Lipinski definition) is 7. The molecule has 10 nitrogen and oxygen atoms in total. The van der Waals surface area contributed by atoms with Crippen LogP contribution in [0.5, 0.6) is 0 Å². The smallest absolute Gasteiger partial charge is 0.257 e. The maximum Gasteiger partial charge on any atom is 0.257 e. The third kappa shape index (κ3) is 4.92. The molecule has 37 heavy (non-hydrogen) atoms. The molecule has 6 rings (SSSR count). The number of H-pyrrole nitrogens is 1. The molecule has 2 aliphatic rings. The predicted molar refractivity (Wildman–Crippen MR) is 135 cm³/mol. The van der Waals surface area contributed by atoms with E-state index in [-0.39, 0.29) is 11.3 Å². The van der Waals surface area contributed by atoms with Gasteiger partial charge < -0.3 is 10.3 Å². The third-order valence-corrected chi connectivity index (χ3v) is 9.18. The van der Waals surface area contributed by atoms with Crippen LogP contribution in [0.3, 0.4) is 0 Å². The van der Waals surface area contributed by atoms with E-state index in [1.807, 2.05) is 12.1 Å². The molecule has 1 saturated heterocycles. The molecule has 2 N–H and O–H groups in total. The molecule has 5 heterocycles. The summed E-state index contributed by atoms with van der Waals surface area (Å²) in [5.74, 6) is 0.396. The van der Waals surface area contributed by atoms with Gasteiger partial charge in [-0.05, 0) is 43.9 Å². The fourth-order valence-electron chi connectivity index (χ4n) is 4.72. The molecule has 2 fully saturated rings. The number of aromatic amines is 1. The molecular formula is C24H26F2N8O2S. The molecule has 0 atom stereocenters. The fourth-order valence-corrected chi connectivity index (χ4v) is 6.59. The van der Waals surface area contributed by atoms with Gasteiger partial charge in [0.15, 0.2) is 0 Å². The first-order chi connectivity index (χ1) is 17.9. The summed E-state index contributed by atoms with van der Waals surface area (Å²) in [4.78, 5) is 16.4. The van der Waals surface area contributed by atoms with Crippen LogP contribution in [0.25, 0.3) is 33.5 Å². The Morgan fingerprint density at radius 3 is 2.70 bits per heavy atom. The first-order valence-corrected chi connectivity index (χ1v) is 13.7. The topological polar surface area (TPSA) is 122 Å². The maximum absolute atomic E-state index is 13.2. The summed E-state index contributed by atoms with van der Waals surface area (Å²) in [6, 6.07) is 5.53. The molecule has 0 spiro atoms. The molecule has 0 radical (unpaired) electrons. The van der Waals surface area contributed by atoms with Gasteiger partial charge in [-0.25, -0.2) is 36.5 Å². The monoisotopic (exact) mass is 528 g/mol. The fraction of sp³-hybridized carbons (Fsp3) is 0.417. The number of nitrogens with one attached hydrogen (secondary N) is 2. The van der Waals surface area contributed by atoms with Crippen LogP contribution in [0.15, 0.2) is 43.0 Å². The van der Waals surface area contributed by atoms with E-state index in [4.69, 9.17) is 0 Å². The van der Waals surface area contributed by atoms with Crippen LogP contribution in [-0.2, 0) is 16.6 Å². The van der Waals surface area contributed by atoms with Crippen molar-refractivity contribution in [3.8, 4) is 22.5 Å². The Morgan fingerprint density at radius 2 is 1.95 bits per heavy atom. The van der Waals surface area contributed by atoms with E-state index in [1.54, 1.807) is 35.2 Å². The summed E-state index contributed by atoms with van der Waals surface area (Å²) >= 11 is 0. The third-order valence-electron chi connectivity index (χ3n) is 6.78. The number of rotatable bonds is 8. The van der Waals surface area contributed by atoms with Crippen LogP contribution in [-0.4, -0.2) is 73.2 Å². The number of fused-ring (bicyclic) bond motifs is 1. The second kappa shape index (κ2) is 9.45. The standard InChI is InChI=1S/C24H26F2N8O2S/c25-21(26)14-33-13-19(22(32-33)16-11-15-3-7-27-23(15)29-12-16)20-4-8-28-24(31-20)30-17-5-9-34(10-6-17)37(35,36)18-1-2-18/h3-4,7-8,11-13,17-18,21H,1-2,5-6,9-10,14H2,(H,27,29)(H,28,30,31). The van der Waals surface area contributed by atoms with Crippen molar-refractivity contribution in [1.29, 1.82) is 0 Å². The maximum atomic E-state index is 13.2. The van der Waals surface area contributed by atoms with Gasteiger partial charge in [0.25, 0.3) is 6.43 Å². The quantitative estimate of drug-likeness (QED) is 0.359. The average Bonchev–Trinajstić information content (AvgIpc) is 3.51. The highest BCUT2D eigenvalue weighted by atomic mass is 32.2. The molecule has 13 heteroatoms. The molecular weight excluding hydrogens is 502 g/mol. The molecule has 194 valence electrons. The molecule has 1 aliphatic heterocycles. The highest BCUT2D eigenvalue weighted by molar-refractivity contribution is 7.90. The van der Waals surface area contributed by atoms with E-state index in [2.05, 4.69) is 30.4 Å². The van der Waals surface area contributed by atoms with Crippen LogP contribution >= 0.6 is 0 Å². The molecule has 0 aromatic carbocycles. The largest absolute Gasteiger partial charge is 0.351 e. The highest BCUT2D eigenvalue weighted by Crippen LogP contribution is 2.33. The van der Waals surface area contributed by atoms with Crippen LogP contribution in [0.4, 0.5) is 14.7 Å². The van der Waals surface area contributed by atoms with Gasteiger partial charge in [-0.2, -0.15) is 5.10 Å². The molecule has 0 bridgehead atoms. The Kier molecular flexibility index (Phi) is 6.11. The van der Waals surface area contributed by atoms with Crippen molar-refractivity contribution in [2.45, 2.75) is 49.9 Å². The van der Waals surface area contributed by atoms with Crippen LogP contribution in [0.2, 0.25) is 0 Å². The van der Waals surface area contributed by atoms with Crippen LogP contribution < -0.4 is 5.32 Å². The zero-order chi connectivity index (χ0) is 25.6. The molecule has 1 aliphatic carbocycles. The van der Waals surface area contributed by atoms with Gasteiger partial charge in [-0.3, -0.25) is 4.68 Å². The second-order valence-electron chi connectivity index (χ2n) is 9.47. The van der Waals surface area contributed by atoms with E-state index >= 15 is 0 Å². The Labute approximate surface area is 212 Å². The number of pyridine rings is 1. The van der Waals surface area contributed by atoms with Crippen molar-refractivity contribution in [1.82, 2.24) is 34.0 Å². The van der Waals surface area contributed by atoms with Gasteiger partial charge in [-0.1, -0.05) is 0 Å². The number of sulfonamides is 1. The number of piperidine rings is 1. The SMILES string of the molecule is O=S(=O)(C1CC1)N1CCC(Nc2nccc(-c3cn(CC(F)F)nc3-c3cnc4[nH]ccc4c3)n2)CC1. The Morgan fingerprint density at radius 1 is 1.14 bits per heavy atom. The lowest BCUT2D eigenvalue weighted by Crippen LogP contribution is -2.43. The summed E-state index contributed by atoms with van der Waals surface area (Å²) in [6.07, 6.45) is 6.88. The summed E-state index contributed by atoms with van der Waals surface area (Å²) in [7, 11) is -3.17. The van der Waals surface area contributed by atoms with Gasteiger partial charge in [-0.15, -0.1) is 0 Å². The first kappa shape index (κ1) is 23.9. The zero-order valence-electron chi connectivity index (χ0n) is 19.9. The summed E-state index contributed by atoms with van der Waals surface area (Å²) < 4.78 is 54.1. The minimum absolute atomic E-state index is 0.0297. The normalized spacial score (nSPS) is 17.6. The van der Waals surface area contributed by atoms with Crippen molar-refractivity contribution >= 4 is 27.0 Å². The van der Waals surface area contributed by atoms with E-state index in [9.17, 15) is 17.2 Å². The lowest BCUT2D eigenvalue weighted by molar-refractivity contribution is 0.122. The summed E-state index contributed by atoms with van der Waals surface area (Å²) in [5.41, 5.74) is 3.04. The Hall–Kier alpha value is -3.45. The van der Waals surface area contributed by atoms with Crippen molar-refractivity contribution < 1.29 is 17.2 Å². The number of alkyl halides is 2. The number of halogens is 2. The lowest BCUT2D eigenvalue weighted by atomic mass is 10.1. The van der Waals surface area contributed by atoms with Crippen molar-refractivity contribution in [3.63, 3.8) is 0 Å². The zero-order valence-corrected chi connectivity index (χ0v) is 20.7. The van der Waals surface area contributed by atoms with E-state index in [0.717, 1.165) is 23.9 Å². The molecule has 4 aromatic heterocycles. The summed E-state index contributed by atoms with van der Waals surface area (Å²) in [6.45, 7) is 0.399. The molecule has 0 amide bonds. The van der Waals surface area contributed by atoms with E-state index in [1.165, 1.54) is 4.68 Å². The van der Waals surface area contributed by atoms with Gasteiger partial charge in [0, 0.05) is 60.4 Å². The highest BCUT2D eigenvalue weighted by Gasteiger charge is 2.41. The van der Waals surface area contributed by atoms with Crippen LogP contribution in [0, 0.1) is 0 Å². The minimum atomic E-state index is -3.17. The number of anilines is 1. The van der Waals surface area contributed by atoms with Gasteiger partial charge >= 0.3 is 0 Å². The van der Waals surface area contributed by atoms with Crippen molar-refractivity contribution in [2.75, 3.05) is 18.4 Å². The first-order valence-electron chi connectivity index (χ1n) is 12.2. The average molecular weight is 529 g/mol. The Bertz CT molecular complexity index is 1520.